The van der Waals surface area contributed by atoms with Gasteiger partial charge in [-0.05, 0) is 41.8 Å². The van der Waals surface area contributed by atoms with Gasteiger partial charge in [0.15, 0.2) is 5.69 Å². The molecular weight excluding hydrogens is 359 g/mol. The van der Waals surface area contributed by atoms with E-state index in [1.807, 2.05) is 12.1 Å². The Morgan fingerprint density at radius 2 is 1.89 bits per heavy atom. The van der Waals surface area contributed by atoms with E-state index in [-0.39, 0.29) is 11.8 Å². The SMILES string of the molecule is COc1ccc(-c2ccc3c(c2)CCC(=O)N3C)c2cc(C(F)(F)F)nn12. The zero-order valence-corrected chi connectivity index (χ0v) is 14.7. The molecule has 0 saturated carbocycles. The Kier molecular flexibility index (Phi) is 3.87. The van der Waals surface area contributed by atoms with Gasteiger partial charge >= 0.3 is 6.18 Å². The third-order valence-corrected chi connectivity index (χ3v) is 4.82. The third-order valence-electron chi connectivity index (χ3n) is 4.82. The normalized spacial score (nSPS) is 14.6. The number of hydrogen-bond donors (Lipinski definition) is 0. The van der Waals surface area contributed by atoms with E-state index in [0.717, 1.165) is 27.4 Å². The van der Waals surface area contributed by atoms with Crippen LogP contribution >= 0.6 is 0 Å². The number of aryl methyl sites for hydroxylation is 1. The van der Waals surface area contributed by atoms with Crippen LogP contribution in [0.15, 0.2) is 36.4 Å². The van der Waals surface area contributed by atoms with Gasteiger partial charge in [-0.1, -0.05) is 6.07 Å². The quantitative estimate of drug-likeness (QED) is 0.682. The van der Waals surface area contributed by atoms with Crippen LogP contribution in [0.5, 0.6) is 5.88 Å². The van der Waals surface area contributed by atoms with Crippen molar-refractivity contribution < 1.29 is 22.7 Å². The van der Waals surface area contributed by atoms with Crippen molar-refractivity contribution in [1.29, 1.82) is 0 Å². The Morgan fingerprint density at radius 3 is 2.59 bits per heavy atom. The molecule has 27 heavy (non-hydrogen) atoms. The van der Waals surface area contributed by atoms with Crippen molar-refractivity contribution in [2.45, 2.75) is 19.0 Å². The first-order valence-corrected chi connectivity index (χ1v) is 8.33. The van der Waals surface area contributed by atoms with Crippen LogP contribution in [0.4, 0.5) is 18.9 Å². The zero-order valence-electron chi connectivity index (χ0n) is 14.7. The zero-order chi connectivity index (χ0) is 19.3. The van der Waals surface area contributed by atoms with Gasteiger partial charge in [0.1, 0.15) is 0 Å². The van der Waals surface area contributed by atoms with Crippen LogP contribution < -0.4 is 9.64 Å². The topological polar surface area (TPSA) is 46.8 Å². The van der Waals surface area contributed by atoms with Crippen LogP contribution in [0.25, 0.3) is 16.6 Å². The van der Waals surface area contributed by atoms with Gasteiger partial charge < -0.3 is 9.64 Å². The number of benzene rings is 1. The molecular formula is C19H16F3N3O2. The van der Waals surface area contributed by atoms with Crippen LogP contribution in [-0.2, 0) is 17.4 Å². The summed E-state index contributed by atoms with van der Waals surface area (Å²) in [4.78, 5) is 13.5. The standard InChI is InChI=1S/C19H16F3N3O2/c1-24-14-6-3-11(9-12(14)4-7-17(24)26)13-5-8-18(27-2)25-15(13)10-16(23-25)19(20,21)22/h3,5-6,8-10H,4,7H2,1-2H3. The van der Waals surface area contributed by atoms with Crippen molar-refractivity contribution in [1.82, 2.24) is 9.61 Å². The minimum Gasteiger partial charge on any atom is -0.481 e. The number of nitrogens with zero attached hydrogens (tertiary/aromatic N) is 3. The molecule has 0 N–H and O–H groups in total. The molecule has 8 heteroatoms. The Labute approximate surface area is 153 Å². The summed E-state index contributed by atoms with van der Waals surface area (Å²) in [5, 5.41) is 3.66. The highest BCUT2D eigenvalue weighted by Crippen LogP contribution is 2.36. The van der Waals surface area contributed by atoms with E-state index in [0.29, 0.717) is 23.9 Å². The van der Waals surface area contributed by atoms with E-state index in [4.69, 9.17) is 4.74 Å². The average Bonchev–Trinajstić information content (AvgIpc) is 3.09. The number of carbonyl (C=O) groups excluding carboxylic acids is 1. The highest BCUT2D eigenvalue weighted by Gasteiger charge is 2.35. The molecule has 0 saturated heterocycles. The highest BCUT2D eigenvalue weighted by molar-refractivity contribution is 5.96. The number of aromatic nitrogens is 2. The minimum absolute atomic E-state index is 0.0488. The lowest BCUT2D eigenvalue weighted by molar-refractivity contribution is -0.141. The van der Waals surface area contributed by atoms with E-state index in [1.54, 1.807) is 30.1 Å². The maximum Gasteiger partial charge on any atom is 0.435 e. The summed E-state index contributed by atoms with van der Waals surface area (Å²) in [6.07, 6.45) is -3.53. The van der Waals surface area contributed by atoms with Crippen molar-refractivity contribution >= 4 is 17.1 Å². The number of halogens is 3. The summed E-state index contributed by atoms with van der Waals surface area (Å²) >= 11 is 0. The number of fused-ring (bicyclic) bond motifs is 2. The van der Waals surface area contributed by atoms with Crippen molar-refractivity contribution in [3.05, 3.63) is 47.7 Å². The molecule has 5 nitrogen and oxygen atoms in total. The number of hydrogen-bond acceptors (Lipinski definition) is 3. The first kappa shape index (κ1) is 17.4. The molecule has 2 aromatic heterocycles. The number of carbonyl (C=O) groups is 1. The summed E-state index contributed by atoms with van der Waals surface area (Å²) in [5.74, 6) is 0.264. The third kappa shape index (κ3) is 2.81. The monoisotopic (exact) mass is 375 g/mol. The molecule has 1 aliphatic heterocycles. The van der Waals surface area contributed by atoms with Crippen molar-refractivity contribution in [3.8, 4) is 17.0 Å². The molecule has 4 rings (SSSR count). The van der Waals surface area contributed by atoms with Crippen LogP contribution in [-0.4, -0.2) is 29.7 Å². The van der Waals surface area contributed by atoms with Crippen LogP contribution in [0.3, 0.4) is 0 Å². The lowest BCUT2D eigenvalue weighted by Gasteiger charge is -2.26. The number of rotatable bonds is 2. The largest absolute Gasteiger partial charge is 0.481 e. The first-order valence-electron chi connectivity index (χ1n) is 8.33. The molecule has 0 bridgehead atoms. The van der Waals surface area contributed by atoms with Gasteiger partial charge in [-0.3, -0.25) is 4.79 Å². The second-order valence-corrected chi connectivity index (χ2v) is 6.41. The maximum absolute atomic E-state index is 13.1. The van der Waals surface area contributed by atoms with Gasteiger partial charge in [0.25, 0.3) is 0 Å². The number of ether oxygens (including phenoxy) is 1. The minimum atomic E-state index is -4.55. The van der Waals surface area contributed by atoms with Gasteiger partial charge in [-0.25, -0.2) is 0 Å². The van der Waals surface area contributed by atoms with Crippen LogP contribution in [0, 0.1) is 0 Å². The predicted octanol–water partition coefficient (Wildman–Crippen LogP) is 3.94. The molecule has 0 fully saturated rings. The Morgan fingerprint density at radius 1 is 1.11 bits per heavy atom. The smallest absolute Gasteiger partial charge is 0.435 e. The van der Waals surface area contributed by atoms with Gasteiger partial charge in [0.05, 0.1) is 12.6 Å². The predicted molar refractivity (Wildman–Crippen MR) is 93.9 cm³/mol. The summed E-state index contributed by atoms with van der Waals surface area (Å²) in [6.45, 7) is 0. The second kappa shape index (κ2) is 6.00. The lowest BCUT2D eigenvalue weighted by atomic mass is 9.96. The molecule has 3 heterocycles. The fourth-order valence-corrected chi connectivity index (χ4v) is 3.41. The molecule has 0 spiro atoms. The van der Waals surface area contributed by atoms with Crippen molar-refractivity contribution in [2.75, 3.05) is 19.1 Å². The van der Waals surface area contributed by atoms with Gasteiger partial charge in [0, 0.05) is 30.8 Å². The molecule has 0 aliphatic carbocycles. The lowest BCUT2D eigenvalue weighted by Crippen LogP contribution is -2.30. The summed E-state index contributed by atoms with van der Waals surface area (Å²) in [5.41, 5.74) is 2.51. The van der Waals surface area contributed by atoms with Crippen LogP contribution in [0.2, 0.25) is 0 Å². The second-order valence-electron chi connectivity index (χ2n) is 6.41. The van der Waals surface area contributed by atoms with E-state index in [1.165, 1.54) is 7.11 Å². The van der Waals surface area contributed by atoms with Crippen LogP contribution in [0.1, 0.15) is 17.7 Å². The van der Waals surface area contributed by atoms with Crippen molar-refractivity contribution in [2.24, 2.45) is 0 Å². The molecule has 3 aromatic rings. The molecule has 1 amide bonds. The van der Waals surface area contributed by atoms with E-state index < -0.39 is 11.9 Å². The molecule has 140 valence electrons. The number of methoxy groups -OCH3 is 1. The van der Waals surface area contributed by atoms with Gasteiger partial charge in [-0.15, -0.1) is 0 Å². The summed E-state index contributed by atoms with van der Waals surface area (Å²) < 4.78 is 45.7. The maximum atomic E-state index is 13.1. The molecule has 1 aromatic carbocycles. The Balaban J connectivity index is 1.89. The molecule has 0 radical (unpaired) electrons. The Bertz CT molecular complexity index is 1060. The van der Waals surface area contributed by atoms with Crippen molar-refractivity contribution in [3.63, 3.8) is 0 Å². The number of amides is 1. The molecule has 1 aliphatic rings. The average molecular weight is 375 g/mol. The highest BCUT2D eigenvalue weighted by atomic mass is 19.4. The van der Waals surface area contributed by atoms with Gasteiger partial charge in [-0.2, -0.15) is 22.8 Å². The summed E-state index contributed by atoms with van der Waals surface area (Å²) in [7, 11) is 3.10. The van der Waals surface area contributed by atoms with E-state index >= 15 is 0 Å². The van der Waals surface area contributed by atoms with E-state index in [2.05, 4.69) is 5.10 Å². The fraction of sp³-hybridized carbons (Fsp3) is 0.263. The van der Waals surface area contributed by atoms with E-state index in [9.17, 15) is 18.0 Å². The molecule has 0 unspecified atom stereocenters. The first-order chi connectivity index (χ1) is 12.8. The Hall–Kier alpha value is -3.03. The number of anilines is 1. The van der Waals surface area contributed by atoms with Gasteiger partial charge in [0.2, 0.25) is 11.8 Å². The molecule has 0 atom stereocenters. The number of alkyl halides is 3. The fourth-order valence-electron chi connectivity index (χ4n) is 3.41. The number of pyridine rings is 1. The summed E-state index contributed by atoms with van der Waals surface area (Å²) in [6, 6.07) is 9.87.